The number of rotatable bonds is 28. The van der Waals surface area contributed by atoms with Crippen LogP contribution in [0.1, 0.15) is 181 Å². The fourth-order valence-electron chi connectivity index (χ4n) is 4.54. The van der Waals surface area contributed by atoms with Gasteiger partial charge in [0.25, 0.3) is 0 Å². The van der Waals surface area contributed by atoms with E-state index in [9.17, 15) is 4.79 Å². The predicted octanol–water partition coefficient (Wildman–Crippen LogP) is 11.3. The molecule has 0 unspecified atom stereocenters. The van der Waals surface area contributed by atoms with E-state index in [1.54, 1.807) is 0 Å². The van der Waals surface area contributed by atoms with Crippen LogP contribution in [0.5, 0.6) is 0 Å². The minimum Gasteiger partial charge on any atom is -0.466 e. The van der Waals surface area contributed by atoms with Crippen molar-refractivity contribution in [3.63, 3.8) is 0 Å². The Balaban J connectivity index is 3.19. The van der Waals surface area contributed by atoms with Gasteiger partial charge in [-0.3, -0.25) is 4.79 Å². The molecule has 0 fully saturated rings. The largest absolute Gasteiger partial charge is 0.466 e. The lowest BCUT2D eigenvalue weighted by Crippen LogP contribution is -2.05. The molecule has 0 aliphatic carbocycles. The minimum absolute atomic E-state index is 0.0173. The zero-order valence-corrected chi connectivity index (χ0v) is 23.6. The Morgan fingerprint density at radius 1 is 0.471 bits per heavy atom. The van der Waals surface area contributed by atoms with Gasteiger partial charge in [-0.15, -0.1) is 0 Å². The third kappa shape index (κ3) is 29.2. The van der Waals surface area contributed by atoms with Crippen molar-refractivity contribution in [1.29, 1.82) is 0 Å². The van der Waals surface area contributed by atoms with Crippen LogP contribution in [0.25, 0.3) is 0 Å². The van der Waals surface area contributed by atoms with Crippen LogP contribution in [0.4, 0.5) is 0 Å². The number of hydrogen-bond donors (Lipinski definition) is 0. The molecule has 202 valence electrons. The molecule has 0 N–H and O–H groups in total. The van der Waals surface area contributed by atoms with Crippen LogP contribution < -0.4 is 0 Å². The van der Waals surface area contributed by atoms with Gasteiger partial charge in [-0.25, -0.2) is 0 Å². The number of esters is 1. The molecule has 0 aromatic heterocycles. The van der Waals surface area contributed by atoms with Gasteiger partial charge < -0.3 is 4.74 Å². The zero-order chi connectivity index (χ0) is 24.8. The van der Waals surface area contributed by atoms with Gasteiger partial charge in [0.1, 0.15) is 0 Å². The van der Waals surface area contributed by atoms with Crippen LogP contribution >= 0.6 is 0 Å². The molecule has 0 aliphatic heterocycles. The molecule has 0 spiro atoms. The van der Waals surface area contributed by atoms with Gasteiger partial charge in [0.15, 0.2) is 0 Å². The summed E-state index contributed by atoms with van der Waals surface area (Å²) in [7, 11) is 0. The molecule has 0 bridgehead atoms. The summed E-state index contributed by atoms with van der Waals surface area (Å²) in [6, 6.07) is 0. The highest BCUT2D eigenvalue weighted by Gasteiger charge is 2.02. The van der Waals surface area contributed by atoms with Gasteiger partial charge in [-0.1, -0.05) is 148 Å². The second-order valence-corrected chi connectivity index (χ2v) is 10.4. The lowest BCUT2D eigenvalue weighted by Gasteiger charge is -2.05. The van der Waals surface area contributed by atoms with Crippen molar-refractivity contribution in [2.45, 2.75) is 181 Å². The lowest BCUT2D eigenvalue weighted by molar-refractivity contribution is -0.143. The molecular weight excluding hydrogens is 416 g/mol. The van der Waals surface area contributed by atoms with E-state index in [0.29, 0.717) is 13.0 Å². The number of ether oxygens (including phenoxy) is 1. The Morgan fingerprint density at radius 3 is 1.26 bits per heavy atom. The molecule has 0 rings (SSSR count). The average molecular weight is 479 g/mol. The van der Waals surface area contributed by atoms with Gasteiger partial charge in [-0.05, 0) is 38.5 Å². The summed E-state index contributed by atoms with van der Waals surface area (Å²) in [5.41, 5.74) is 0. The summed E-state index contributed by atoms with van der Waals surface area (Å²) >= 11 is 0. The lowest BCUT2D eigenvalue weighted by atomic mass is 10.1. The molecule has 0 heterocycles. The van der Waals surface area contributed by atoms with Gasteiger partial charge >= 0.3 is 5.97 Å². The molecule has 0 aliphatic rings. The first-order valence-corrected chi connectivity index (χ1v) is 15.6. The third-order valence-corrected chi connectivity index (χ3v) is 6.90. The van der Waals surface area contributed by atoms with Crippen molar-refractivity contribution in [3.8, 4) is 0 Å². The molecular formula is C32H62O2. The highest BCUT2D eigenvalue weighted by molar-refractivity contribution is 5.69. The quantitative estimate of drug-likeness (QED) is 0.0634. The van der Waals surface area contributed by atoms with E-state index in [1.807, 2.05) is 0 Å². The Labute approximate surface area is 215 Å². The maximum Gasteiger partial charge on any atom is 0.305 e. The number of carbonyl (C=O) groups is 1. The van der Waals surface area contributed by atoms with Gasteiger partial charge in [0.05, 0.1) is 6.61 Å². The number of carbonyl (C=O) groups excluding carboxylic acids is 1. The molecule has 0 aromatic carbocycles. The third-order valence-electron chi connectivity index (χ3n) is 6.90. The highest BCUT2D eigenvalue weighted by Crippen LogP contribution is 2.13. The van der Waals surface area contributed by atoms with E-state index in [-0.39, 0.29) is 5.97 Å². The first kappa shape index (κ1) is 33.2. The summed E-state index contributed by atoms with van der Waals surface area (Å²) < 4.78 is 5.40. The Hall–Kier alpha value is -0.790. The van der Waals surface area contributed by atoms with E-state index in [2.05, 4.69) is 26.0 Å². The predicted molar refractivity (Wildman–Crippen MR) is 151 cm³/mol. The monoisotopic (exact) mass is 478 g/mol. The van der Waals surface area contributed by atoms with Crippen LogP contribution in [0.3, 0.4) is 0 Å². The fraction of sp³-hybridized carbons (Fsp3) is 0.906. The first-order chi connectivity index (χ1) is 16.8. The molecule has 2 nitrogen and oxygen atoms in total. The topological polar surface area (TPSA) is 26.3 Å². The van der Waals surface area contributed by atoms with Crippen molar-refractivity contribution in [2.75, 3.05) is 6.61 Å². The Bertz CT molecular complexity index is 415. The van der Waals surface area contributed by atoms with Gasteiger partial charge in [-0.2, -0.15) is 0 Å². The standard InChI is InChI=1S/C32H62O2/c1-3-5-7-9-11-13-15-16-17-18-19-21-23-25-27-29-31-34-32(33)30-28-26-24-22-20-14-12-10-8-6-4-2/h16-17H,3-15,18-31H2,1-2H3/b17-16+. The van der Waals surface area contributed by atoms with Crippen LogP contribution in [0.2, 0.25) is 0 Å². The molecule has 34 heavy (non-hydrogen) atoms. The summed E-state index contributed by atoms with van der Waals surface area (Å²) in [6.45, 7) is 5.18. The molecule has 0 saturated carbocycles. The van der Waals surface area contributed by atoms with E-state index in [0.717, 1.165) is 12.8 Å². The minimum atomic E-state index is 0.0173. The highest BCUT2D eigenvalue weighted by atomic mass is 16.5. The van der Waals surface area contributed by atoms with E-state index >= 15 is 0 Å². The summed E-state index contributed by atoms with van der Waals surface area (Å²) in [5, 5.41) is 0. The zero-order valence-electron chi connectivity index (χ0n) is 23.6. The molecule has 0 saturated heterocycles. The maximum absolute atomic E-state index is 11.8. The average Bonchev–Trinajstić information content (AvgIpc) is 2.84. The first-order valence-electron chi connectivity index (χ1n) is 15.6. The molecule has 0 amide bonds. The molecule has 0 aromatic rings. The fourth-order valence-corrected chi connectivity index (χ4v) is 4.54. The summed E-state index contributed by atoms with van der Waals surface area (Å²) in [6.07, 6.45) is 38.2. The smallest absolute Gasteiger partial charge is 0.305 e. The SMILES string of the molecule is CCCCCCCC/C=C/CCCCCCCCOC(=O)CCCCCCCCCCCCC. The van der Waals surface area contributed by atoms with Gasteiger partial charge in [0, 0.05) is 6.42 Å². The second-order valence-electron chi connectivity index (χ2n) is 10.4. The summed E-state index contributed by atoms with van der Waals surface area (Å²) in [5.74, 6) is 0.0173. The van der Waals surface area contributed by atoms with Crippen molar-refractivity contribution in [2.24, 2.45) is 0 Å². The molecule has 2 heteroatoms. The normalized spacial score (nSPS) is 11.5. The number of allylic oxidation sites excluding steroid dienone is 2. The van der Waals surface area contributed by atoms with Crippen LogP contribution in [0, 0.1) is 0 Å². The van der Waals surface area contributed by atoms with Gasteiger partial charge in [0.2, 0.25) is 0 Å². The molecule has 0 atom stereocenters. The van der Waals surface area contributed by atoms with Crippen LogP contribution in [-0.2, 0) is 9.53 Å². The van der Waals surface area contributed by atoms with E-state index in [4.69, 9.17) is 4.74 Å². The Morgan fingerprint density at radius 2 is 0.824 bits per heavy atom. The van der Waals surface area contributed by atoms with Crippen molar-refractivity contribution in [1.82, 2.24) is 0 Å². The van der Waals surface area contributed by atoms with Crippen LogP contribution in [-0.4, -0.2) is 12.6 Å². The van der Waals surface area contributed by atoms with Crippen molar-refractivity contribution < 1.29 is 9.53 Å². The maximum atomic E-state index is 11.8. The van der Waals surface area contributed by atoms with Crippen molar-refractivity contribution >= 4 is 5.97 Å². The van der Waals surface area contributed by atoms with E-state index in [1.165, 1.54) is 148 Å². The van der Waals surface area contributed by atoms with E-state index < -0.39 is 0 Å². The molecule has 0 radical (unpaired) electrons. The van der Waals surface area contributed by atoms with Crippen molar-refractivity contribution in [3.05, 3.63) is 12.2 Å². The second kappa shape index (κ2) is 30.2. The van der Waals surface area contributed by atoms with Crippen LogP contribution in [0.15, 0.2) is 12.2 Å². The summed E-state index contributed by atoms with van der Waals surface area (Å²) in [4.78, 5) is 11.8. The Kier molecular flexibility index (Phi) is 29.5. The number of unbranched alkanes of at least 4 members (excludes halogenated alkanes) is 22. The number of hydrogen-bond acceptors (Lipinski definition) is 2.